The largest absolute Gasteiger partial charge is 0.396 e. The molecule has 0 spiro atoms. The average Bonchev–Trinajstić information content (AvgIpc) is 2.48. The van der Waals surface area contributed by atoms with Crippen molar-refractivity contribution >= 4 is 12.0 Å². The summed E-state index contributed by atoms with van der Waals surface area (Å²) >= 11 is 0. The van der Waals surface area contributed by atoms with Crippen molar-refractivity contribution in [3.63, 3.8) is 0 Å². The summed E-state index contributed by atoms with van der Waals surface area (Å²) < 4.78 is 16.8. The fourth-order valence-corrected chi connectivity index (χ4v) is 2.43. The third-order valence-electron chi connectivity index (χ3n) is 3.67. The maximum atomic E-state index is 11.5. The molecule has 3 rings (SSSR count). The summed E-state index contributed by atoms with van der Waals surface area (Å²) in [7, 11) is 0. The third kappa shape index (κ3) is 2.46. The molecule has 1 atom stereocenters. The molecule has 1 N–H and O–H groups in total. The van der Waals surface area contributed by atoms with Gasteiger partial charge in [0.05, 0.1) is 31.3 Å². The summed E-state index contributed by atoms with van der Waals surface area (Å²) in [5.74, 6) is -2.17. The number of isocyanates is 1. The summed E-state index contributed by atoms with van der Waals surface area (Å²) in [6, 6.07) is 0. The molecule has 3 fully saturated rings. The molecule has 7 heteroatoms. The quantitative estimate of drug-likeness (QED) is 0.452. The summed E-state index contributed by atoms with van der Waals surface area (Å²) in [6.07, 6.45) is 3.00. The van der Waals surface area contributed by atoms with Gasteiger partial charge in [0, 0.05) is 11.6 Å². The zero-order chi connectivity index (χ0) is 14.8. The predicted molar refractivity (Wildman–Crippen MR) is 66.2 cm³/mol. The van der Waals surface area contributed by atoms with Gasteiger partial charge in [-0.2, -0.15) is 0 Å². The molecule has 1 amide bonds. The van der Waals surface area contributed by atoms with E-state index in [-0.39, 0.29) is 31.5 Å². The van der Waals surface area contributed by atoms with Gasteiger partial charge >= 0.3 is 5.97 Å². The Hall–Kier alpha value is -1.37. The topological polar surface area (TPSA) is 94.4 Å². The molecule has 0 aromatic rings. The van der Waals surface area contributed by atoms with Gasteiger partial charge < -0.3 is 19.3 Å². The molecule has 0 saturated carbocycles. The standard InChI is InChI=1S/C13H17NO6/c1-3-10-12(5-15)6-18-13(20-10,19-7-12)4-9(2)11(17)14-8-16/h4,10,15H,3,5-7H2,1-2H3. The van der Waals surface area contributed by atoms with Crippen molar-refractivity contribution in [2.75, 3.05) is 19.8 Å². The van der Waals surface area contributed by atoms with E-state index in [2.05, 4.69) is 4.99 Å². The number of amides is 1. The first-order valence-electron chi connectivity index (χ1n) is 6.39. The molecule has 0 aromatic heterocycles. The number of carbonyl (C=O) groups excluding carboxylic acids is 2. The highest BCUT2D eigenvalue weighted by Gasteiger charge is 2.56. The second-order valence-electron chi connectivity index (χ2n) is 5.05. The predicted octanol–water partition coefficient (Wildman–Crippen LogP) is 0.283. The first-order chi connectivity index (χ1) is 9.51. The molecule has 7 nitrogen and oxygen atoms in total. The van der Waals surface area contributed by atoms with E-state index >= 15 is 0 Å². The van der Waals surface area contributed by atoms with Crippen LogP contribution in [0.1, 0.15) is 20.3 Å². The first-order valence-corrected chi connectivity index (χ1v) is 6.39. The van der Waals surface area contributed by atoms with Crippen LogP contribution in [0.5, 0.6) is 0 Å². The average molecular weight is 283 g/mol. The molecular formula is C13H17NO6. The van der Waals surface area contributed by atoms with Crippen molar-refractivity contribution in [1.29, 1.82) is 0 Å². The van der Waals surface area contributed by atoms with Crippen molar-refractivity contribution in [3.8, 4) is 0 Å². The van der Waals surface area contributed by atoms with Crippen LogP contribution in [-0.4, -0.2) is 49.0 Å². The molecule has 3 heterocycles. The van der Waals surface area contributed by atoms with Gasteiger partial charge in [-0.15, -0.1) is 4.99 Å². The smallest absolute Gasteiger partial charge is 0.305 e. The van der Waals surface area contributed by atoms with Crippen LogP contribution < -0.4 is 0 Å². The molecule has 3 aliphatic rings. The van der Waals surface area contributed by atoms with Crippen LogP contribution in [0.2, 0.25) is 0 Å². The SMILES string of the molecule is CCC1OC2(C=C(C)C(=O)N=C=O)OCC1(CO)CO2. The molecule has 3 saturated heterocycles. The Morgan fingerprint density at radius 2 is 2.15 bits per heavy atom. The number of hydrogen-bond donors (Lipinski definition) is 1. The lowest BCUT2D eigenvalue weighted by Crippen LogP contribution is -2.65. The molecule has 0 aliphatic carbocycles. The molecule has 0 radical (unpaired) electrons. The van der Waals surface area contributed by atoms with E-state index in [0.717, 1.165) is 0 Å². The van der Waals surface area contributed by atoms with Crippen LogP contribution in [0, 0.1) is 5.41 Å². The molecule has 2 bridgehead atoms. The van der Waals surface area contributed by atoms with Gasteiger partial charge in [-0.3, -0.25) is 4.79 Å². The fraction of sp³-hybridized carbons (Fsp3) is 0.692. The first kappa shape index (κ1) is 15.0. The minimum absolute atomic E-state index is 0.0986. The van der Waals surface area contributed by atoms with Gasteiger partial charge in [-0.25, -0.2) is 4.79 Å². The summed E-state index contributed by atoms with van der Waals surface area (Å²) in [5, 5.41) is 9.52. The Morgan fingerprint density at radius 3 is 2.65 bits per heavy atom. The van der Waals surface area contributed by atoms with Crippen LogP contribution in [0.3, 0.4) is 0 Å². The lowest BCUT2D eigenvalue weighted by molar-refractivity contribution is -0.468. The van der Waals surface area contributed by atoms with E-state index in [4.69, 9.17) is 14.2 Å². The molecule has 3 aliphatic heterocycles. The normalized spacial score (nSPS) is 36.5. The van der Waals surface area contributed by atoms with Crippen LogP contribution >= 0.6 is 0 Å². The van der Waals surface area contributed by atoms with Crippen molar-refractivity contribution in [2.45, 2.75) is 32.3 Å². The highest BCUT2D eigenvalue weighted by molar-refractivity contribution is 5.96. The highest BCUT2D eigenvalue weighted by Crippen LogP contribution is 2.44. The molecule has 110 valence electrons. The number of nitrogens with zero attached hydrogens (tertiary/aromatic N) is 1. The van der Waals surface area contributed by atoms with Gasteiger partial charge in [0.1, 0.15) is 0 Å². The van der Waals surface area contributed by atoms with Crippen LogP contribution in [-0.2, 0) is 23.8 Å². The lowest BCUT2D eigenvalue weighted by Gasteiger charge is -2.54. The Labute approximate surface area is 116 Å². The van der Waals surface area contributed by atoms with Crippen molar-refractivity contribution in [2.24, 2.45) is 10.4 Å². The minimum Gasteiger partial charge on any atom is -0.396 e. The zero-order valence-electron chi connectivity index (χ0n) is 11.4. The molecule has 0 aromatic carbocycles. The number of rotatable bonds is 4. The second-order valence-corrected chi connectivity index (χ2v) is 5.05. The van der Waals surface area contributed by atoms with Crippen molar-refractivity contribution < 1.29 is 28.9 Å². The summed E-state index contributed by atoms with van der Waals surface area (Å²) in [4.78, 5) is 24.6. The highest BCUT2D eigenvalue weighted by atomic mass is 16.9. The van der Waals surface area contributed by atoms with E-state index < -0.39 is 17.3 Å². The lowest BCUT2D eigenvalue weighted by atomic mass is 9.81. The Kier molecular flexibility index (Phi) is 4.17. The Morgan fingerprint density at radius 1 is 1.50 bits per heavy atom. The van der Waals surface area contributed by atoms with Crippen LogP contribution in [0.4, 0.5) is 0 Å². The van der Waals surface area contributed by atoms with Gasteiger partial charge in [0.2, 0.25) is 6.08 Å². The zero-order valence-corrected chi connectivity index (χ0v) is 11.4. The fourth-order valence-electron chi connectivity index (χ4n) is 2.43. The van der Waals surface area contributed by atoms with E-state index in [1.54, 1.807) is 0 Å². The maximum Gasteiger partial charge on any atom is 0.305 e. The second kappa shape index (κ2) is 5.55. The number of hydrogen-bond acceptors (Lipinski definition) is 6. The van der Waals surface area contributed by atoms with E-state index in [1.807, 2.05) is 6.92 Å². The number of fused-ring (bicyclic) bond motifs is 3. The van der Waals surface area contributed by atoms with Gasteiger partial charge in [-0.1, -0.05) is 6.92 Å². The third-order valence-corrected chi connectivity index (χ3v) is 3.67. The Balaban J connectivity index is 2.23. The van der Waals surface area contributed by atoms with E-state index in [1.165, 1.54) is 19.1 Å². The van der Waals surface area contributed by atoms with Crippen molar-refractivity contribution in [3.05, 3.63) is 11.6 Å². The van der Waals surface area contributed by atoms with Crippen molar-refractivity contribution in [1.82, 2.24) is 0 Å². The van der Waals surface area contributed by atoms with Crippen LogP contribution in [0.25, 0.3) is 0 Å². The van der Waals surface area contributed by atoms with Crippen LogP contribution in [0.15, 0.2) is 16.6 Å². The number of carbonyl (C=O) groups is 1. The maximum absolute atomic E-state index is 11.5. The summed E-state index contributed by atoms with van der Waals surface area (Å²) in [6.45, 7) is 3.87. The van der Waals surface area contributed by atoms with Gasteiger partial charge in [0.15, 0.2) is 0 Å². The molecule has 20 heavy (non-hydrogen) atoms. The van der Waals surface area contributed by atoms with E-state index in [0.29, 0.717) is 6.42 Å². The van der Waals surface area contributed by atoms with E-state index in [9.17, 15) is 14.7 Å². The Bertz CT molecular complexity index is 471. The number of aliphatic hydroxyl groups is 1. The minimum atomic E-state index is -1.45. The number of ether oxygens (including phenoxy) is 3. The molecule has 1 unspecified atom stereocenters. The van der Waals surface area contributed by atoms with Gasteiger partial charge in [0.25, 0.3) is 5.91 Å². The monoisotopic (exact) mass is 283 g/mol. The number of aliphatic hydroxyl groups excluding tert-OH is 1. The molecular weight excluding hydrogens is 266 g/mol. The van der Waals surface area contributed by atoms with Gasteiger partial charge in [-0.05, 0) is 13.3 Å². The summed E-state index contributed by atoms with van der Waals surface area (Å²) in [5.41, 5.74) is -0.398. The number of aliphatic imine (C=N–C) groups is 1.